The van der Waals surface area contributed by atoms with Crippen LogP contribution in [0.2, 0.25) is 0 Å². The van der Waals surface area contributed by atoms with E-state index in [1.165, 1.54) is 37.1 Å². The minimum Gasteiger partial charge on any atom is -0.287 e. The van der Waals surface area contributed by atoms with Gasteiger partial charge < -0.3 is 0 Å². The van der Waals surface area contributed by atoms with Crippen LogP contribution in [-0.2, 0) is 13.0 Å². The molecule has 1 aromatic carbocycles. The molecule has 0 atom stereocenters. The summed E-state index contributed by atoms with van der Waals surface area (Å²) in [6.07, 6.45) is 7.76. The number of hydrogen-bond donors (Lipinski definition) is 0. The zero-order valence-electron chi connectivity index (χ0n) is 13.1. The zero-order chi connectivity index (χ0) is 15.8. The molecular formula is C19H23FNO+. The number of halogens is 1. The molecule has 0 aliphatic rings. The highest BCUT2D eigenvalue weighted by atomic mass is 19.1. The van der Waals surface area contributed by atoms with Crippen molar-refractivity contribution in [3.63, 3.8) is 0 Å². The summed E-state index contributed by atoms with van der Waals surface area (Å²) < 4.78 is 14.9. The molecule has 0 radical (unpaired) electrons. The maximum absolute atomic E-state index is 12.9. The number of aryl methyl sites for hydroxylation is 1. The van der Waals surface area contributed by atoms with Gasteiger partial charge in [-0.25, -0.2) is 4.39 Å². The second-order valence-electron chi connectivity index (χ2n) is 5.56. The second-order valence-corrected chi connectivity index (χ2v) is 5.56. The van der Waals surface area contributed by atoms with E-state index in [1.54, 1.807) is 12.1 Å². The average molecular weight is 300 g/mol. The lowest BCUT2D eigenvalue weighted by Crippen LogP contribution is -2.41. The molecule has 0 amide bonds. The molecule has 1 heterocycles. The van der Waals surface area contributed by atoms with Gasteiger partial charge in [-0.3, -0.25) is 4.79 Å². The lowest BCUT2D eigenvalue weighted by molar-refractivity contribution is -0.690. The molecule has 3 heteroatoms. The predicted molar refractivity (Wildman–Crippen MR) is 85.2 cm³/mol. The van der Waals surface area contributed by atoms with Gasteiger partial charge in [0, 0.05) is 24.1 Å². The first-order valence-electron chi connectivity index (χ1n) is 7.97. The number of pyridine rings is 1. The van der Waals surface area contributed by atoms with Gasteiger partial charge in [0.1, 0.15) is 5.82 Å². The van der Waals surface area contributed by atoms with Crippen LogP contribution in [-0.4, -0.2) is 5.78 Å². The Hall–Kier alpha value is -2.03. The Morgan fingerprint density at radius 3 is 2.55 bits per heavy atom. The van der Waals surface area contributed by atoms with E-state index in [2.05, 4.69) is 13.0 Å². The molecule has 0 aliphatic heterocycles. The van der Waals surface area contributed by atoms with E-state index in [0.717, 1.165) is 12.8 Å². The topological polar surface area (TPSA) is 20.9 Å². The number of rotatable bonds is 8. The Morgan fingerprint density at radius 1 is 1.05 bits per heavy atom. The molecule has 1 aromatic heterocycles. The van der Waals surface area contributed by atoms with Crippen molar-refractivity contribution in [3.8, 4) is 0 Å². The van der Waals surface area contributed by atoms with Crippen molar-refractivity contribution in [2.75, 3.05) is 0 Å². The van der Waals surface area contributed by atoms with Crippen LogP contribution in [0.5, 0.6) is 0 Å². The Morgan fingerprint density at radius 2 is 1.82 bits per heavy atom. The molecule has 2 nitrogen and oxygen atoms in total. The van der Waals surface area contributed by atoms with Gasteiger partial charge in [-0.15, -0.1) is 0 Å². The van der Waals surface area contributed by atoms with Gasteiger partial charge in [-0.2, -0.15) is 4.57 Å². The van der Waals surface area contributed by atoms with Crippen molar-refractivity contribution in [2.45, 2.75) is 45.6 Å². The number of Topliss-reactive ketones (excluding diaryl/α,β-unsaturated/α-hetero) is 1. The van der Waals surface area contributed by atoms with E-state index in [0.29, 0.717) is 12.1 Å². The Kier molecular flexibility index (Phi) is 6.26. The molecule has 0 saturated carbocycles. The number of carbonyl (C=O) groups is 1. The van der Waals surface area contributed by atoms with Crippen molar-refractivity contribution in [1.82, 2.24) is 0 Å². The molecule has 2 aromatic rings. The summed E-state index contributed by atoms with van der Waals surface area (Å²) in [7, 11) is 0. The fraction of sp³-hybridized carbons (Fsp3) is 0.368. The summed E-state index contributed by atoms with van der Waals surface area (Å²) in [6.45, 7) is 2.50. The van der Waals surface area contributed by atoms with E-state index in [-0.39, 0.29) is 11.6 Å². The molecular weight excluding hydrogens is 277 g/mol. The van der Waals surface area contributed by atoms with E-state index in [9.17, 15) is 9.18 Å². The van der Waals surface area contributed by atoms with E-state index < -0.39 is 0 Å². The summed E-state index contributed by atoms with van der Waals surface area (Å²) in [5.41, 5.74) is 1.73. The van der Waals surface area contributed by atoms with Crippen molar-refractivity contribution < 1.29 is 13.8 Å². The molecule has 0 bridgehead atoms. The average Bonchev–Trinajstić information content (AvgIpc) is 2.53. The third-order valence-electron chi connectivity index (χ3n) is 3.80. The van der Waals surface area contributed by atoms with Gasteiger partial charge in [0.2, 0.25) is 12.3 Å². The fourth-order valence-electron chi connectivity index (χ4n) is 2.51. The lowest BCUT2D eigenvalue weighted by atomic mass is 10.1. The molecule has 0 aliphatic carbocycles. The van der Waals surface area contributed by atoms with Crippen molar-refractivity contribution in [2.24, 2.45) is 0 Å². The minimum atomic E-state index is -0.319. The number of nitrogens with zero attached hydrogens (tertiary/aromatic N) is 1. The fourth-order valence-corrected chi connectivity index (χ4v) is 2.51. The van der Waals surface area contributed by atoms with Crippen molar-refractivity contribution >= 4 is 5.78 Å². The first-order valence-corrected chi connectivity index (χ1v) is 7.97. The summed E-state index contributed by atoms with van der Waals surface area (Å²) in [6, 6.07) is 11.8. The van der Waals surface area contributed by atoms with Crippen LogP contribution in [0.15, 0.2) is 48.7 Å². The normalized spacial score (nSPS) is 10.6. The van der Waals surface area contributed by atoms with Crippen LogP contribution in [0.1, 0.15) is 48.7 Å². The van der Waals surface area contributed by atoms with Gasteiger partial charge in [0.05, 0.1) is 0 Å². The first kappa shape index (κ1) is 16.3. The Balaban J connectivity index is 2.02. The smallest absolute Gasteiger partial charge is 0.227 e. The van der Waals surface area contributed by atoms with Crippen LogP contribution in [0.25, 0.3) is 0 Å². The highest BCUT2D eigenvalue weighted by Crippen LogP contribution is 2.06. The summed E-state index contributed by atoms with van der Waals surface area (Å²) in [5.74, 6) is -0.313. The Labute approximate surface area is 131 Å². The van der Waals surface area contributed by atoms with E-state index in [4.69, 9.17) is 0 Å². The van der Waals surface area contributed by atoms with Crippen molar-refractivity contribution in [1.29, 1.82) is 0 Å². The maximum Gasteiger partial charge on any atom is 0.227 e. The molecule has 0 saturated heterocycles. The monoisotopic (exact) mass is 300 g/mol. The maximum atomic E-state index is 12.9. The third-order valence-corrected chi connectivity index (χ3v) is 3.80. The summed E-state index contributed by atoms with van der Waals surface area (Å²) >= 11 is 0. The molecule has 22 heavy (non-hydrogen) atoms. The quantitative estimate of drug-likeness (QED) is 0.408. The standard InChI is InChI=1S/C19H23FNO/c1-2-3-4-5-8-18-9-6-7-14-21(18)15-19(22)16-10-12-17(20)13-11-16/h6-7,9-14H,2-5,8,15H2,1H3/q+1. The Bertz CT molecular complexity index is 607. The number of unbranched alkanes of at least 4 members (excludes halogenated alkanes) is 3. The zero-order valence-corrected chi connectivity index (χ0v) is 13.1. The third kappa shape index (κ3) is 4.76. The van der Waals surface area contributed by atoms with Crippen LogP contribution in [0, 0.1) is 5.82 Å². The van der Waals surface area contributed by atoms with E-state index >= 15 is 0 Å². The van der Waals surface area contributed by atoms with Crippen LogP contribution in [0.4, 0.5) is 4.39 Å². The largest absolute Gasteiger partial charge is 0.287 e. The van der Waals surface area contributed by atoms with Gasteiger partial charge in [0.25, 0.3) is 0 Å². The number of carbonyl (C=O) groups excluding carboxylic acids is 1. The molecule has 0 N–H and O–H groups in total. The van der Waals surface area contributed by atoms with E-state index in [1.807, 2.05) is 22.9 Å². The van der Waals surface area contributed by atoms with Gasteiger partial charge in [-0.05, 0) is 30.7 Å². The van der Waals surface area contributed by atoms with Crippen molar-refractivity contribution in [3.05, 3.63) is 65.7 Å². The molecule has 2 rings (SSSR count). The second kappa shape index (κ2) is 8.42. The van der Waals surface area contributed by atoms with Gasteiger partial charge >= 0.3 is 0 Å². The predicted octanol–water partition coefficient (Wildman–Crippen LogP) is 4.12. The van der Waals surface area contributed by atoms with Crippen LogP contribution in [0.3, 0.4) is 0 Å². The molecule has 116 valence electrons. The SMILES string of the molecule is CCCCCCc1cccc[n+]1CC(=O)c1ccc(F)cc1. The first-order chi connectivity index (χ1) is 10.7. The highest BCUT2D eigenvalue weighted by Gasteiger charge is 2.15. The van der Waals surface area contributed by atoms with Crippen LogP contribution >= 0.6 is 0 Å². The molecule has 0 fully saturated rings. The lowest BCUT2D eigenvalue weighted by Gasteiger charge is -2.04. The minimum absolute atomic E-state index is 0.00556. The number of benzene rings is 1. The highest BCUT2D eigenvalue weighted by molar-refractivity contribution is 5.94. The summed E-state index contributed by atoms with van der Waals surface area (Å²) in [5, 5.41) is 0. The molecule has 0 spiro atoms. The summed E-state index contributed by atoms with van der Waals surface area (Å²) in [4.78, 5) is 12.3. The number of ketones is 1. The van der Waals surface area contributed by atoms with Gasteiger partial charge in [0.15, 0.2) is 11.9 Å². The number of aromatic nitrogens is 1. The number of hydrogen-bond acceptors (Lipinski definition) is 1. The molecule has 0 unspecified atom stereocenters. The van der Waals surface area contributed by atoms with Crippen LogP contribution < -0.4 is 4.57 Å². The van der Waals surface area contributed by atoms with Gasteiger partial charge in [-0.1, -0.05) is 32.3 Å².